The summed E-state index contributed by atoms with van der Waals surface area (Å²) in [7, 11) is 0. The van der Waals surface area contributed by atoms with Gasteiger partial charge in [0.1, 0.15) is 11.1 Å². The Labute approximate surface area is 175 Å². The highest BCUT2D eigenvalue weighted by Crippen LogP contribution is 2.19. The average molecular weight is 416 g/mol. The molecule has 1 atom stereocenters. The minimum absolute atomic E-state index is 0.0249. The van der Waals surface area contributed by atoms with Gasteiger partial charge in [0.25, 0.3) is 11.8 Å². The van der Waals surface area contributed by atoms with Crippen LogP contribution in [0.3, 0.4) is 0 Å². The zero-order valence-electron chi connectivity index (χ0n) is 17.3. The van der Waals surface area contributed by atoms with E-state index in [1.165, 1.54) is 0 Å². The number of piperidine rings is 1. The van der Waals surface area contributed by atoms with E-state index in [0.717, 1.165) is 24.1 Å². The van der Waals surface area contributed by atoms with Crippen LogP contribution in [0.2, 0.25) is 0 Å². The Morgan fingerprint density at radius 3 is 2.41 bits per heavy atom. The third-order valence-electron chi connectivity index (χ3n) is 5.09. The molecule has 0 spiro atoms. The van der Waals surface area contributed by atoms with E-state index in [2.05, 4.69) is 19.2 Å². The first kappa shape index (κ1) is 21.3. The van der Waals surface area contributed by atoms with Crippen LogP contribution in [0, 0.1) is 5.92 Å². The summed E-state index contributed by atoms with van der Waals surface area (Å²) in [5, 5.41) is 4.85. The minimum atomic E-state index is -0.489. The maximum Gasteiger partial charge on any atom is 0.259 e. The van der Waals surface area contributed by atoms with Crippen LogP contribution in [0.25, 0.3) is 0 Å². The van der Waals surface area contributed by atoms with Crippen molar-refractivity contribution in [1.82, 2.24) is 14.8 Å². The van der Waals surface area contributed by atoms with E-state index in [-0.39, 0.29) is 23.1 Å². The van der Waals surface area contributed by atoms with Crippen molar-refractivity contribution in [2.24, 2.45) is 5.92 Å². The van der Waals surface area contributed by atoms with E-state index < -0.39 is 11.3 Å². The molecule has 2 aromatic heterocycles. The number of nitrogens with zero attached hydrogens (tertiary/aromatic N) is 2. The first-order valence-electron chi connectivity index (χ1n) is 10.2. The Morgan fingerprint density at radius 2 is 1.79 bits per heavy atom. The lowest BCUT2D eigenvalue weighted by atomic mass is 10.1. The van der Waals surface area contributed by atoms with Gasteiger partial charge in [-0.3, -0.25) is 14.4 Å². The number of likely N-dealkylation sites (tertiary alicyclic amines) is 1. The SMILES string of the molecule is CC(C)Cn1cc(C(=O)N[C@@H](C)c2cccs2)c(=O)c(C(=O)N2CCCCC2)c1. The van der Waals surface area contributed by atoms with Crippen LogP contribution in [-0.2, 0) is 6.54 Å². The first-order valence-corrected chi connectivity index (χ1v) is 11.1. The van der Waals surface area contributed by atoms with Crippen LogP contribution >= 0.6 is 11.3 Å². The lowest BCUT2D eigenvalue weighted by molar-refractivity contribution is 0.0722. The Kier molecular flexibility index (Phi) is 6.90. The van der Waals surface area contributed by atoms with Crippen LogP contribution in [0.15, 0.2) is 34.7 Å². The van der Waals surface area contributed by atoms with Crippen LogP contribution in [0.1, 0.15) is 71.7 Å². The smallest absolute Gasteiger partial charge is 0.259 e. The van der Waals surface area contributed by atoms with Crippen molar-refractivity contribution in [3.63, 3.8) is 0 Å². The monoisotopic (exact) mass is 415 g/mol. The molecule has 3 heterocycles. The van der Waals surface area contributed by atoms with E-state index >= 15 is 0 Å². The fourth-order valence-electron chi connectivity index (χ4n) is 3.62. The molecule has 0 aliphatic carbocycles. The third kappa shape index (κ3) is 5.15. The number of hydrogen-bond acceptors (Lipinski definition) is 4. The summed E-state index contributed by atoms with van der Waals surface area (Å²) in [6, 6.07) is 3.67. The van der Waals surface area contributed by atoms with Crippen molar-refractivity contribution in [1.29, 1.82) is 0 Å². The average Bonchev–Trinajstić information content (AvgIpc) is 3.24. The number of nitrogens with one attached hydrogen (secondary N) is 1. The highest BCUT2D eigenvalue weighted by molar-refractivity contribution is 7.10. The lowest BCUT2D eigenvalue weighted by Crippen LogP contribution is -2.40. The molecule has 1 saturated heterocycles. The molecule has 0 unspecified atom stereocenters. The van der Waals surface area contributed by atoms with Gasteiger partial charge in [-0.15, -0.1) is 11.3 Å². The highest BCUT2D eigenvalue weighted by atomic mass is 32.1. The molecule has 2 amide bonds. The quantitative estimate of drug-likeness (QED) is 0.782. The number of pyridine rings is 1. The largest absolute Gasteiger partial charge is 0.352 e. The number of hydrogen-bond donors (Lipinski definition) is 1. The van der Waals surface area contributed by atoms with Crippen molar-refractivity contribution >= 4 is 23.2 Å². The molecule has 2 aromatic rings. The fourth-order valence-corrected chi connectivity index (χ4v) is 4.36. The summed E-state index contributed by atoms with van der Waals surface area (Å²) in [5.41, 5.74) is -0.377. The van der Waals surface area contributed by atoms with Gasteiger partial charge in [0.15, 0.2) is 0 Å². The van der Waals surface area contributed by atoms with E-state index in [4.69, 9.17) is 0 Å². The summed E-state index contributed by atoms with van der Waals surface area (Å²) >= 11 is 1.55. The van der Waals surface area contributed by atoms with Gasteiger partial charge in [-0.2, -0.15) is 0 Å². The second-order valence-corrected chi connectivity index (χ2v) is 9.05. The third-order valence-corrected chi connectivity index (χ3v) is 6.15. The summed E-state index contributed by atoms with van der Waals surface area (Å²) < 4.78 is 1.80. The molecular weight excluding hydrogens is 386 g/mol. The van der Waals surface area contributed by atoms with Crippen LogP contribution in [0.5, 0.6) is 0 Å². The molecular formula is C22H29N3O3S. The van der Waals surface area contributed by atoms with Crippen LogP contribution in [0.4, 0.5) is 0 Å². The van der Waals surface area contributed by atoms with Crippen molar-refractivity contribution in [3.05, 3.63) is 56.1 Å². The summed E-state index contributed by atoms with van der Waals surface area (Å²) in [4.78, 5) is 41.8. The fraction of sp³-hybridized carbons (Fsp3) is 0.500. The molecule has 7 heteroatoms. The molecule has 0 bridgehead atoms. The van der Waals surface area contributed by atoms with E-state index in [1.54, 1.807) is 33.2 Å². The summed E-state index contributed by atoms with van der Waals surface area (Å²) in [6.07, 6.45) is 6.18. The molecule has 1 aliphatic rings. The van der Waals surface area contributed by atoms with Gasteiger partial charge in [0.2, 0.25) is 5.43 Å². The van der Waals surface area contributed by atoms with Crippen molar-refractivity contribution < 1.29 is 9.59 Å². The number of aromatic nitrogens is 1. The Morgan fingerprint density at radius 1 is 1.10 bits per heavy atom. The van der Waals surface area contributed by atoms with Crippen molar-refractivity contribution in [3.8, 4) is 0 Å². The molecule has 0 saturated carbocycles. The van der Waals surface area contributed by atoms with Gasteiger partial charge in [-0.05, 0) is 43.6 Å². The van der Waals surface area contributed by atoms with Crippen molar-refractivity contribution in [2.75, 3.05) is 13.1 Å². The maximum absolute atomic E-state index is 13.1. The zero-order chi connectivity index (χ0) is 21.0. The maximum atomic E-state index is 13.1. The number of carbonyl (C=O) groups excluding carboxylic acids is 2. The highest BCUT2D eigenvalue weighted by Gasteiger charge is 2.25. The van der Waals surface area contributed by atoms with E-state index in [9.17, 15) is 14.4 Å². The standard InChI is InChI=1S/C22H29N3O3S/c1-15(2)12-24-13-17(21(27)23-16(3)19-8-7-11-29-19)20(26)18(14-24)22(28)25-9-5-4-6-10-25/h7-8,11,13-16H,4-6,9-10,12H2,1-3H3,(H,23,27)/t16-/m0/s1. The second kappa shape index (κ2) is 9.39. The van der Waals surface area contributed by atoms with Gasteiger partial charge in [0, 0.05) is 36.9 Å². The number of rotatable bonds is 6. The Balaban J connectivity index is 1.93. The molecule has 0 aromatic carbocycles. The van der Waals surface area contributed by atoms with Crippen molar-refractivity contribution in [2.45, 2.75) is 52.6 Å². The molecule has 1 fully saturated rings. The molecule has 156 valence electrons. The predicted octanol–water partition coefficient (Wildman–Crippen LogP) is 3.68. The topological polar surface area (TPSA) is 71.4 Å². The molecule has 1 aliphatic heterocycles. The van der Waals surface area contributed by atoms with E-state index in [0.29, 0.717) is 25.6 Å². The molecule has 1 N–H and O–H groups in total. The van der Waals surface area contributed by atoms with Gasteiger partial charge in [-0.1, -0.05) is 19.9 Å². The molecule has 29 heavy (non-hydrogen) atoms. The van der Waals surface area contributed by atoms with Gasteiger partial charge in [-0.25, -0.2) is 0 Å². The first-order chi connectivity index (χ1) is 13.9. The van der Waals surface area contributed by atoms with Crippen LogP contribution in [-0.4, -0.2) is 34.4 Å². The number of carbonyl (C=O) groups is 2. The predicted molar refractivity (Wildman–Crippen MR) is 115 cm³/mol. The molecule has 3 rings (SSSR count). The second-order valence-electron chi connectivity index (χ2n) is 8.07. The Hall–Kier alpha value is -2.41. The molecule has 6 nitrogen and oxygen atoms in total. The van der Waals surface area contributed by atoms with Gasteiger partial charge < -0.3 is 14.8 Å². The van der Waals surface area contributed by atoms with E-state index in [1.807, 2.05) is 24.4 Å². The summed E-state index contributed by atoms with van der Waals surface area (Å²) in [6.45, 7) is 7.95. The van der Waals surface area contributed by atoms with Gasteiger partial charge in [0.05, 0.1) is 6.04 Å². The molecule has 0 radical (unpaired) electrons. The lowest BCUT2D eigenvalue weighted by Gasteiger charge is -2.27. The minimum Gasteiger partial charge on any atom is -0.352 e. The van der Waals surface area contributed by atoms with Gasteiger partial charge >= 0.3 is 0 Å². The number of amides is 2. The van der Waals surface area contributed by atoms with Crippen LogP contribution < -0.4 is 10.7 Å². The zero-order valence-corrected chi connectivity index (χ0v) is 18.1. The Bertz CT molecular complexity index is 912. The normalized spacial score (nSPS) is 15.4. The number of thiophene rings is 1. The summed E-state index contributed by atoms with van der Waals surface area (Å²) in [5.74, 6) is -0.397.